The Kier molecular flexibility index (Phi) is 5.89. The van der Waals surface area contributed by atoms with E-state index < -0.39 is 0 Å². The summed E-state index contributed by atoms with van der Waals surface area (Å²) in [5.41, 5.74) is 0.961. The molecule has 0 unspecified atom stereocenters. The van der Waals surface area contributed by atoms with Gasteiger partial charge < -0.3 is 14.4 Å². The van der Waals surface area contributed by atoms with Crippen LogP contribution in [0, 0.1) is 0 Å². The van der Waals surface area contributed by atoms with E-state index in [0.717, 1.165) is 0 Å². The lowest BCUT2D eigenvalue weighted by atomic mass is 10.2. The van der Waals surface area contributed by atoms with Gasteiger partial charge in [0.2, 0.25) is 5.91 Å². The van der Waals surface area contributed by atoms with Crippen LogP contribution < -0.4 is 15.0 Å². The van der Waals surface area contributed by atoms with Gasteiger partial charge in [0.1, 0.15) is 0 Å². The monoisotopic (exact) mass is 399 g/mol. The number of amides is 1. The van der Waals surface area contributed by atoms with Crippen molar-refractivity contribution in [3.63, 3.8) is 0 Å². The fourth-order valence-electron chi connectivity index (χ4n) is 2.66. The summed E-state index contributed by atoms with van der Waals surface area (Å²) in [6, 6.07) is 12.4. The van der Waals surface area contributed by atoms with Gasteiger partial charge in [-0.15, -0.1) is 0 Å². The highest BCUT2D eigenvalue weighted by atomic mass is 32.2. The zero-order chi connectivity index (χ0) is 20.3. The van der Waals surface area contributed by atoms with Crippen LogP contribution in [0.25, 0.3) is 16.6 Å². The highest BCUT2D eigenvalue weighted by Gasteiger charge is 2.17. The molecule has 7 nitrogen and oxygen atoms in total. The molecule has 1 aromatic heterocycles. The third-order valence-corrected chi connectivity index (χ3v) is 5.12. The van der Waals surface area contributed by atoms with Gasteiger partial charge in [0, 0.05) is 20.2 Å². The first-order valence-corrected chi connectivity index (χ1v) is 9.52. The van der Waals surface area contributed by atoms with Crippen LogP contribution in [0.3, 0.4) is 0 Å². The number of hydrogen-bond acceptors (Lipinski definition) is 6. The third kappa shape index (κ3) is 3.82. The van der Waals surface area contributed by atoms with Crippen molar-refractivity contribution in [1.29, 1.82) is 0 Å². The Morgan fingerprint density at radius 3 is 2.50 bits per heavy atom. The van der Waals surface area contributed by atoms with Gasteiger partial charge in [-0.25, -0.2) is 4.98 Å². The molecule has 0 N–H and O–H groups in total. The van der Waals surface area contributed by atoms with Crippen LogP contribution in [-0.2, 0) is 4.79 Å². The molecule has 0 spiro atoms. The Balaban J connectivity index is 2.19. The lowest BCUT2D eigenvalue weighted by Gasteiger charge is -2.16. The summed E-state index contributed by atoms with van der Waals surface area (Å²) in [6.45, 7) is 0. The van der Waals surface area contributed by atoms with Crippen molar-refractivity contribution in [3.8, 4) is 17.2 Å². The number of carbonyl (C=O) groups is 1. The molecular weight excluding hydrogens is 378 g/mol. The van der Waals surface area contributed by atoms with E-state index >= 15 is 0 Å². The summed E-state index contributed by atoms with van der Waals surface area (Å²) in [6.07, 6.45) is 0. The maximum Gasteiger partial charge on any atom is 0.266 e. The second kappa shape index (κ2) is 8.35. The molecule has 0 atom stereocenters. The Labute approximate surface area is 166 Å². The Bertz CT molecular complexity index is 1080. The van der Waals surface area contributed by atoms with E-state index in [1.54, 1.807) is 57.6 Å². The number of ether oxygens (including phenoxy) is 2. The smallest absolute Gasteiger partial charge is 0.266 e. The maximum absolute atomic E-state index is 13.2. The number of benzene rings is 2. The lowest BCUT2D eigenvalue weighted by molar-refractivity contribution is -0.125. The van der Waals surface area contributed by atoms with Gasteiger partial charge in [-0.2, -0.15) is 0 Å². The van der Waals surface area contributed by atoms with Gasteiger partial charge in [0.05, 0.1) is 36.6 Å². The SMILES string of the molecule is COc1ccc(-n2c(SCC(=O)N(C)C)nc3ccccc3c2=O)cc1OC. The zero-order valence-electron chi connectivity index (χ0n) is 16.1. The van der Waals surface area contributed by atoms with Crippen LogP contribution in [0.15, 0.2) is 52.4 Å². The maximum atomic E-state index is 13.2. The van der Waals surface area contributed by atoms with Crippen LogP contribution in [0.2, 0.25) is 0 Å². The Morgan fingerprint density at radius 2 is 1.82 bits per heavy atom. The molecule has 0 saturated heterocycles. The van der Waals surface area contributed by atoms with Crippen molar-refractivity contribution in [2.24, 2.45) is 0 Å². The summed E-state index contributed by atoms with van der Waals surface area (Å²) >= 11 is 1.22. The van der Waals surface area contributed by atoms with Gasteiger partial charge >= 0.3 is 0 Å². The molecule has 8 heteroatoms. The normalized spacial score (nSPS) is 10.7. The number of para-hydroxylation sites is 1. The Hall–Kier alpha value is -3.00. The minimum absolute atomic E-state index is 0.0636. The van der Waals surface area contributed by atoms with Crippen LogP contribution >= 0.6 is 11.8 Å². The van der Waals surface area contributed by atoms with E-state index in [2.05, 4.69) is 4.98 Å². The summed E-state index contributed by atoms with van der Waals surface area (Å²) in [5.74, 6) is 1.17. The van der Waals surface area contributed by atoms with Crippen molar-refractivity contribution in [3.05, 3.63) is 52.8 Å². The number of hydrogen-bond donors (Lipinski definition) is 0. The number of aromatic nitrogens is 2. The van der Waals surface area contributed by atoms with Crippen LogP contribution in [0.4, 0.5) is 0 Å². The summed E-state index contributed by atoms with van der Waals surface area (Å²) in [4.78, 5) is 31.4. The molecule has 0 radical (unpaired) electrons. The van der Waals surface area contributed by atoms with Crippen LogP contribution in [0.5, 0.6) is 11.5 Å². The number of carbonyl (C=O) groups excluding carboxylic acids is 1. The predicted molar refractivity (Wildman–Crippen MR) is 110 cm³/mol. The van der Waals surface area contributed by atoms with E-state index in [0.29, 0.717) is 33.2 Å². The van der Waals surface area contributed by atoms with E-state index in [1.807, 2.05) is 6.07 Å². The topological polar surface area (TPSA) is 73.7 Å². The van der Waals surface area contributed by atoms with Crippen LogP contribution in [-0.4, -0.2) is 54.4 Å². The van der Waals surface area contributed by atoms with Gasteiger partial charge in [-0.05, 0) is 24.3 Å². The molecule has 2 aromatic carbocycles. The molecule has 0 bridgehead atoms. The molecule has 0 fully saturated rings. The summed E-state index contributed by atoms with van der Waals surface area (Å²) in [7, 11) is 6.47. The third-order valence-electron chi connectivity index (χ3n) is 4.19. The number of fused-ring (bicyclic) bond motifs is 1. The molecule has 0 aliphatic rings. The molecule has 0 aliphatic heterocycles. The van der Waals surface area contributed by atoms with E-state index in [1.165, 1.54) is 28.3 Å². The van der Waals surface area contributed by atoms with Gasteiger partial charge in [0.15, 0.2) is 16.7 Å². The second-order valence-corrected chi connectivity index (χ2v) is 7.11. The van der Waals surface area contributed by atoms with E-state index in [4.69, 9.17) is 9.47 Å². The minimum atomic E-state index is -0.211. The number of rotatable bonds is 6. The fraction of sp³-hybridized carbons (Fsp3) is 0.250. The minimum Gasteiger partial charge on any atom is -0.493 e. The molecule has 1 amide bonds. The lowest BCUT2D eigenvalue weighted by Crippen LogP contribution is -2.25. The number of thioether (sulfide) groups is 1. The van der Waals surface area contributed by atoms with Gasteiger partial charge in [0.25, 0.3) is 5.56 Å². The molecule has 0 saturated carbocycles. The number of nitrogens with zero attached hydrogens (tertiary/aromatic N) is 3. The van der Waals surface area contributed by atoms with Crippen molar-refractivity contribution in [2.75, 3.05) is 34.1 Å². The second-order valence-electron chi connectivity index (χ2n) is 6.17. The number of methoxy groups -OCH3 is 2. The van der Waals surface area contributed by atoms with Gasteiger partial charge in [-0.1, -0.05) is 23.9 Å². The van der Waals surface area contributed by atoms with Crippen molar-refractivity contribution < 1.29 is 14.3 Å². The standard InChI is InChI=1S/C20H21N3O4S/c1-22(2)18(24)12-28-20-21-15-8-6-5-7-14(15)19(25)23(20)13-9-10-16(26-3)17(11-13)27-4/h5-11H,12H2,1-4H3. The quantitative estimate of drug-likeness (QED) is 0.469. The first kappa shape index (κ1) is 19.8. The van der Waals surface area contributed by atoms with Crippen molar-refractivity contribution >= 4 is 28.6 Å². The highest BCUT2D eigenvalue weighted by Crippen LogP contribution is 2.30. The first-order chi connectivity index (χ1) is 13.5. The summed E-state index contributed by atoms with van der Waals surface area (Å²) < 4.78 is 12.1. The molecule has 1 heterocycles. The van der Waals surface area contributed by atoms with Crippen molar-refractivity contribution in [1.82, 2.24) is 14.5 Å². The molecule has 0 aliphatic carbocycles. The molecular formula is C20H21N3O4S. The summed E-state index contributed by atoms with van der Waals surface area (Å²) in [5, 5.41) is 0.937. The average molecular weight is 399 g/mol. The van der Waals surface area contributed by atoms with Crippen LogP contribution in [0.1, 0.15) is 0 Å². The molecule has 28 heavy (non-hydrogen) atoms. The Morgan fingerprint density at radius 1 is 1.11 bits per heavy atom. The fourth-order valence-corrected chi connectivity index (χ4v) is 3.65. The average Bonchev–Trinajstić information content (AvgIpc) is 2.71. The van der Waals surface area contributed by atoms with Crippen molar-refractivity contribution in [2.45, 2.75) is 5.16 Å². The van der Waals surface area contributed by atoms with Gasteiger partial charge in [-0.3, -0.25) is 14.2 Å². The first-order valence-electron chi connectivity index (χ1n) is 8.53. The zero-order valence-corrected chi connectivity index (χ0v) is 16.9. The largest absolute Gasteiger partial charge is 0.493 e. The molecule has 146 valence electrons. The van der Waals surface area contributed by atoms with E-state index in [-0.39, 0.29) is 17.2 Å². The molecule has 3 aromatic rings. The molecule has 3 rings (SSSR count). The highest BCUT2D eigenvalue weighted by molar-refractivity contribution is 7.99. The van der Waals surface area contributed by atoms with E-state index in [9.17, 15) is 9.59 Å². The predicted octanol–water partition coefficient (Wildman–Crippen LogP) is 2.58.